The molecule has 9 aromatic carbocycles. The van der Waals surface area contributed by atoms with E-state index in [-0.39, 0.29) is 5.41 Å². The second-order valence-electron chi connectivity index (χ2n) is 19.8. The van der Waals surface area contributed by atoms with Crippen molar-refractivity contribution in [1.82, 2.24) is 0 Å². The summed E-state index contributed by atoms with van der Waals surface area (Å²) in [5.41, 5.74) is 13.9. The normalized spacial score (nSPS) is 12.4. The zero-order chi connectivity index (χ0) is 45.9. The maximum Gasteiger partial charge on any atom is 0.156 e. The molecule has 0 bridgehead atoms. The molecule has 0 fully saturated rings. The van der Waals surface area contributed by atoms with Crippen LogP contribution < -0.4 is 10.2 Å². The standard InChI is InChI=1S/C61H49N3O3/c1-34(2)36-11-17-43(18-12-36)63-44-19-13-38-28-52-56(30-40(38)25-44)66-58-42(33-62)29-51-49-27-39-16-22-46(26-41(39)31-55(49)67-60(51)57(52)58)64(45-20-14-37(15-21-45)35(3)4)47-23-24-54-50(32-47)48-9-8-10-53(59(48)65-54)61(5,6)7/h8-32,34-35,63H,1-7H3. The predicted molar refractivity (Wildman–Crippen MR) is 279 cm³/mol. The van der Waals surface area contributed by atoms with Crippen molar-refractivity contribution in [2.24, 2.45) is 0 Å². The number of rotatable bonds is 7. The summed E-state index contributed by atoms with van der Waals surface area (Å²) in [6.07, 6.45) is 0. The van der Waals surface area contributed by atoms with E-state index in [0.29, 0.717) is 34.1 Å². The van der Waals surface area contributed by atoms with Crippen LogP contribution in [0.1, 0.15) is 82.6 Å². The van der Waals surface area contributed by atoms with E-state index in [1.54, 1.807) is 0 Å². The lowest BCUT2D eigenvalue weighted by Gasteiger charge is -2.26. The molecule has 326 valence electrons. The molecule has 6 nitrogen and oxygen atoms in total. The van der Waals surface area contributed by atoms with E-state index in [9.17, 15) is 5.26 Å². The minimum absolute atomic E-state index is 0.0631. The molecule has 6 heteroatoms. The average Bonchev–Trinajstić information content (AvgIpc) is 4.00. The molecule has 3 aromatic heterocycles. The smallest absolute Gasteiger partial charge is 0.156 e. The number of hydrogen-bond acceptors (Lipinski definition) is 6. The lowest BCUT2D eigenvalue weighted by Crippen LogP contribution is -2.11. The second kappa shape index (κ2) is 15.0. The van der Waals surface area contributed by atoms with Gasteiger partial charge in [0.25, 0.3) is 0 Å². The van der Waals surface area contributed by atoms with Crippen LogP contribution >= 0.6 is 0 Å². The van der Waals surface area contributed by atoms with Crippen molar-refractivity contribution in [2.45, 2.75) is 65.7 Å². The first kappa shape index (κ1) is 40.5. The van der Waals surface area contributed by atoms with Gasteiger partial charge in [-0.25, -0.2) is 0 Å². The molecule has 3 heterocycles. The van der Waals surface area contributed by atoms with Gasteiger partial charge in [0.15, 0.2) is 5.58 Å². The highest BCUT2D eigenvalue weighted by Gasteiger charge is 2.24. The third kappa shape index (κ3) is 6.68. The quantitative estimate of drug-likeness (QED) is 0.172. The molecule has 0 aliphatic heterocycles. The topological polar surface area (TPSA) is 78.5 Å². The summed E-state index contributed by atoms with van der Waals surface area (Å²) < 4.78 is 20.0. The van der Waals surface area contributed by atoms with Crippen LogP contribution in [0.3, 0.4) is 0 Å². The largest absolute Gasteiger partial charge is 0.456 e. The highest BCUT2D eigenvalue weighted by Crippen LogP contribution is 2.45. The fourth-order valence-electron chi connectivity index (χ4n) is 10.0. The van der Waals surface area contributed by atoms with E-state index in [1.807, 2.05) is 6.07 Å². The fourth-order valence-corrected chi connectivity index (χ4v) is 10.0. The Morgan fingerprint density at radius 2 is 1.06 bits per heavy atom. The fraction of sp³-hybridized carbons (Fsp3) is 0.164. The zero-order valence-electron chi connectivity index (χ0n) is 38.7. The molecule has 12 aromatic rings. The van der Waals surface area contributed by atoms with Gasteiger partial charge in [-0.3, -0.25) is 0 Å². The number of anilines is 5. The van der Waals surface area contributed by atoms with Crippen molar-refractivity contribution in [3.05, 3.63) is 174 Å². The lowest BCUT2D eigenvalue weighted by molar-refractivity contribution is 0.573. The molecular weight excluding hydrogens is 823 g/mol. The minimum atomic E-state index is -0.0631. The Kier molecular flexibility index (Phi) is 9.08. The molecular formula is C61H49N3O3. The van der Waals surface area contributed by atoms with Crippen molar-refractivity contribution in [2.75, 3.05) is 10.2 Å². The Morgan fingerprint density at radius 1 is 0.478 bits per heavy atom. The monoisotopic (exact) mass is 871 g/mol. The molecule has 0 amide bonds. The zero-order valence-corrected chi connectivity index (χ0v) is 38.7. The van der Waals surface area contributed by atoms with Gasteiger partial charge in [0.05, 0.1) is 10.9 Å². The summed E-state index contributed by atoms with van der Waals surface area (Å²) in [5.74, 6) is 0.895. The summed E-state index contributed by atoms with van der Waals surface area (Å²) in [5, 5.41) is 24.1. The molecule has 0 saturated heterocycles. The SMILES string of the molecule is CC(C)c1ccc(Nc2ccc3cc4c(cc3c2)oc2c(C#N)cc3c5cc6ccc(N(c7ccc(C(C)C)cc7)c7ccc8oc9c(C(C)(C)C)cccc9c8c7)cc6cc5oc3c24)cc1. The maximum absolute atomic E-state index is 10.5. The van der Waals surface area contributed by atoms with Crippen LogP contribution in [0.2, 0.25) is 0 Å². The van der Waals surface area contributed by atoms with E-state index >= 15 is 0 Å². The Morgan fingerprint density at radius 3 is 1.78 bits per heavy atom. The molecule has 0 aliphatic carbocycles. The van der Waals surface area contributed by atoms with Gasteiger partial charge in [-0.1, -0.05) is 103 Å². The van der Waals surface area contributed by atoms with Gasteiger partial charge in [0.1, 0.15) is 34.0 Å². The van der Waals surface area contributed by atoms with Gasteiger partial charge < -0.3 is 23.5 Å². The van der Waals surface area contributed by atoms with Gasteiger partial charge in [-0.15, -0.1) is 0 Å². The van der Waals surface area contributed by atoms with Crippen molar-refractivity contribution in [3.8, 4) is 6.07 Å². The van der Waals surface area contributed by atoms with Gasteiger partial charge in [0, 0.05) is 60.9 Å². The summed E-state index contributed by atoms with van der Waals surface area (Å²) in [4.78, 5) is 2.33. The molecule has 1 N–H and O–H groups in total. The van der Waals surface area contributed by atoms with E-state index in [0.717, 1.165) is 99.0 Å². The van der Waals surface area contributed by atoms with Crippen molar-refractivity contribution < 1.29 is 13.3 Å². The average molecular weight is 872 g/mol. The summed E-state index contributed by atoms with van der Waals surface area (Å²) >= 11 is 0. The van der Waals surface area contributed by atoms with Crippen molar-refractivity contribution in [1.29, 1.82) is 5.26 Å². The molecule has 67 heavy (non-hydrogen) atoms. The van der Waals surface area contributed by atoms with Crippen molar-refractivity contribution in [3.63, 3.8) is 0 Å². The van der Waals surface area contributed by atoms with Crippen LogP contribution in [0.25, 0.3) is 87.4 Å². The summed E-state index contributed by atoms with van der Waals surface area (Å²) in [6.45, 7) is 15.6. The van der Waals surface area contributed by atoms with E-state index in [1.165, 1.54) is 16.7 Å². The number of hydrogen-bond donors (Lipinski definition) is 1. The number of furan rings is 3. The Hall–Kier alpha value is -8.01. The molecule has 0 unspecified atom stereocenters. The Bertz CT molecular complexity index is 4000. The number of fused-ring (bicyclic) bond motifs is 12. The van der Waals surface area contributed by atoms with E-state index in [4.69, 9.17) is 13.3 Å². The van der Waals surface area contributed by atoms with Gasteiger partial charge in [0.2, 0.25) is 0 Å². The molecule has 12 rings (SSSR count). The van der Waals surface area contributed by atoms with Gasteiger partial charge in [-0.05, 0) is 147 Å². The second-order valence-corrected chi connectivity index (χ2v) is 19.8. The molecule has 0 spiro atoms. The first-order valence-corrected chi connectivity index (χ1v) is 23.2. The van der Waals surface area contributed by atoms with Gasteiger partial charge >= 0.3 is 0 Å². The minimum Gasteiger partial charge on any atom is -0.456 e. The third-order valence-corrected chi connectivity index (χ3v) is 13.7. The van der Waals surface area contributed by atoms with Crippen LogP contribution in [0.5, 0.6) is 0 Å². The van der Waals surface area contributed by atoms with Crippen LogP contribution in [0, 0.1) is 11.3 Å². The maximum atomic E-state index is 10.5. The predicted octanol–water partition coefficient (Wildman–Crippen LogP) is 18.3. The lowest BCUT2D eigenvalue weighted by atomic mass is 9.86. The highest BCUT2D eigenvalue weighted by molar-refractivity contribution is 6.25. The number of nitriles is 1. The molecule has 0 atom stereocenters. The van der Waals surface area contributed by atoms with Crippen LogP contribution in [0.15, 0.2) is 165 Å². The summed E-state index contributed by atoms with van der Waals surface area (Å²) in [7, 11) is 0. The van der Waals surface area contributed by atoms with Crippen LogP contribution in [-0.2, 0) is 5.41 Å². The Labute approximate surface area is 388 Å². The first-order valence-electron chi connectivity index (χ1n) is 23.2. The van der Waals surface area contributed by atoms with E-state index < -0.39 is 0 Å². The highest BCUT2D eigenvalue weighted by atomic mass is 16.3. The Balaban J connectivity index is 0.981. The number of para-hydroxylation sites is 1. The van der Waals surface area contributed by atoms with Crippen molar-refractivity contribution >= 4 is 116 Å². The number of nitrogens with zero attached hydrogens (tertiary/aromatic N) is 2. The summed E-state index contributed by atoms with van der Waals surface area (Å²) in [6, 6.07) is 56.4. The van der Waals surface area contributed by atoms with Gasteiger partial charge in [-0.2, -0.15) is 5.26 Å². The number of benzene rings is 9. The molecule has 0 saturated carbocycles. The first-order chi connectivity index (χ1) is 32.4. The molecule has 0 aliphatic rings. The number of nitrogens with one attached hydrogen (secondary N) is 1. The third-order valence-electron chi connectivity index (χ3n) is 13.7. The van der Waals surface area contributed by atoms with Crippen LogP contribution in [-0.4, -0.2) is 0 Å². The van der Waals surface area contributed by atoms with E-state index in [2.05, 4.69) is 210 Å². The molecule has 0 radical (unpaired) electrons. The van der Waals surface area contributed by atoms with Crippen LogP contribution in [0.4, 0.5) is 28.4 Å².